The Kier molecular flexibility index (Phi) is 10.4. The predicted octanol–water partition coefficient (Wildman–Crippen LogP) is 4.01. The summed E-state index contributed by atoms with van der Waals surface area (Å²) in [7, 11) is 1.49. The largest absolute Gasteiger partial charge is 0.416 e. The quantitative estimate of drug-likeness (QED) is 0.162. The lowest BCUT2D eigenvalue weighted by atomic mass is 10.1. The number of nitrogens with zero attached hydrogens (tertiary/aromatic N) is 1. The van der Waals surface area contributed by atoms with Crippen molar-refractivity contribution in [3.63, 3.8) is 0 Å². The van der Waals surface area contributed by atoms with E-state index in [2.05, 4.69) is 20.9 Å². The summed E-state index contributed by atoms with van der Waals surface area (Å²) in [4.78, 5) is 16.3. The zero-order chi connectivity index (χ0) is 20.6. The maximum atomic E-state index is 13.1. The van der Waals surface area contributed by atoms with Crippen molar-refractivity contribution in [3.05, 3.63) is 57.5 Å². The number of guanidine groups is 1. The van der Waals surface area contributed by atoms with Gasteiger partial charge in [-0.3, -0.25) is 9.79 Å². The zero-order valence-electron chi connectivity index (χ0n) is 15.5. The van der Waals surface area contributed by atoms with E-state index in [4.69, 9.17) is 0 Å². The molecule has 2 aromatic rings. The van der Waals surface area contributed by atoms with E-state index in [1.807, 2.05) is 5.38 Å². The van der Waals surface area contributed by atoms with Gasteiger partial charge in [-0.25, -0.2) is 4.39 Å². The van der Waals surface area contributed by atoms with Crippen LogP contribution in [0.15, 0.2) is 40.7 Å². The molecule has 0 radical (unpaired) electrons. The molecule has 11 heteroatoms. The van der Waals surface area contributed by atoms with E-state index in [0.29, 0.717) is 36.4 Å². The van der Waals surface area contributed by atoms with E-state index < -0.39 is 17.6 Å². The number of hydrogen-bond acceptors (Lipinski definition) is 3. The molecular formula is C18H21F4IN4OS. The van der Waals surface area contributed by atoms with Gasteiger partial charge in [0.25, 0.3) is 5.91 Å². The molecule has 0 spiro atoms. The van der Waals surface area contributed by atoms with Crippen LogP contribution in [0.2, 0.25) is 0 Å². The minimum Gasteiger partial charge on any atom is -0.356 e. The maximum absolute atomic E-state index is 13.1. The Labute approximate surface area is 187 Å². The van der Waals surface area contributed by atoms with Gasteiger partial charge < -0.3 is 16.0 Å². The molecule has 1 amide bonds. The number of halogens is 5. The van der Waals surface area contributed by atoms with Crippen molar-refractivity contribution < 1.29 is 22.4 Å². The van der Waals surface area contributed by atoms with E-state index >= 15 is 0 Å². The van der Waals surface area contributed by atoms with Gasteiger partial charge in [-0.1, -0.05) is 12.1 Å². The average molecular weight is 544 g/mol. The van der Waals surface area contributed by atoms with Crippen molar-refractivity contribution in [2.75, 3.05) is 20.1 Å². The summed E-state index contributed by atoms with van der Waals surface area (Å²) in [6, 6.07) is 6.08. The fraction of sp³-hybridized carbons (Fsp3) is 0.333. The van der Waals surface area contributed by atoms with Crippen LogP contribution < -0.4 is 16.0 Å². The molecule has 0 bridgehead atoms. The molecule has 2 rings (SSSR count). The number of carbonyl (C=O) groups excluding carboxylic acids is 1. The number of carbonyl (C=O) groups is 1. The number of nitrogens with one attached hydrogen (secondary N) is 3. The molecule has 0 aliphatic carbocycles. The van der Waals surface area contributed by atoms with Crippen molar-refractivity contribution >= 4 is 47.2 Å². The first-order valence-electron chi connectivity index (χ1n) is 8.43. The molecule has 1 heterocycles. The standard InChI is InChI=1S/C18H20F4N4OS.HI/c1-23-17(25-8-3-7-24-16(27)15-4-2-9-28-15)26-11-12-5-6-13(19)10-14(12)18(20,21)22;/h2,4-6,9-10H,3,7-8,11H2,1H3,(H,24,27)(H2,23,25,26);1H. The second-order valence-corrected chi connectivity index (χ2v) is 6.69. The van der Waals surface area contributed by atoms with Crippen LogP contribution in [0.3, 0.4) is 0 Å². The van der Waals surface area contributed by atoms with Crippen LogP contribution in [0.5, 0.6) is 0 Å². The SMILES string of the molecule is CN=C(NCCCNC(=O)c1cccs1)NCc1ccc(F)cc1C(F)(F)F.I. The fourth-order valence-corrected chi connectivity index (χ4v) is 3.00. The van der Waals surface area contributed by atoms with Gasteiger partial charge >= 0.3 is 6.18 Å². The van der Waals surface area contributed by atoms with Gasteiger partial charge in [-0.05, 0) is 35.6 Å². The summed E-state index contributed by atoms with van der Waals surface area (Å²) in [6.45, 7) is 0.737. The Bertz CT molecular complexity index is 813. The van der Waals surface area contributed by atoms with Crippen LogP contribution in [0.4, 0.5) is 17.6 Å². The molecular weight excluding hydrogens is 523 g/mol. The molecule has 0 atom stereocenters. The number of benzene rings is 1. The molecule has 0 fully saturated rings. The second kappa shape index (κ2) is 12.0. The van der Waals surface area contributed by atoms with Gasteiger partial charge in [0, 0.05) is 26.7 Å². The van der Waals surface area contributed by atoms with Crippen LogP contribution in [-0.4, -0.2) is 32.0 Å². The average Bonchev–Trinajstić information content (AvgIpc) is 3.18. The van der Waals surface area contributed by atoms with Gasteiger partial charge in [0.2, 0.25) is 0 Å². The van der Waals surface area contributed by atoms with Gasteiger partial charge in [0.1, 0.15) is 5.82 Å². The fourth-order valence-electron chi connectivity index (χ4n) is 2.36. The maximum Gasteiger partial charge on any atom is 0.416 e. The van der Waals surface area contributed by atoms with E-state index in [1.54, 1.807) is 12.1 Å². The van der Waals surface area contributed by atoms with Gasteiger partial charge in [0.05, 0.1) is 10.4 Å². The molecule has 0 unspecified atom stereocenters. The zero-order valence-corrected chi connectivity index (χ0v) is 18.6. The molecule has 1 aromatic carbocycles. The summed E-state index contributed by atoms with van der Waals surface area (Å²) in [5.41, 5.74) is -1.10. The topological polar surface area (TPSA) is 65.5 Å². The summed E-state index contributed by atoms with van der Waals surface area (Å²) >= 11 is 1.35. The number of aliphatic imine (C=N–C) groups is 1. The second-order valence-electron chi connectivity index (χ2n) is 5.74. The molecule has 0 saturated heterocycles. The summed E-state index contributed by atoms with van der Waals surface area (Å²) in [5, 5.41) is 10.3. The number of amides is 1. The van der Waals surface area contributed by atoms with E-state index in [0.717, 1.165) is 12.1 Å². The van der Waals surface area contributed by atoms with Gasteiger partial charge in [0.15, 0.2) is 5.96 Å². The smallest absolute Gasteiger partial charge is 0.356 e. The van der Waals surface area contributed by atoms with Crippen molar-refractivity contribution in [1.29, 1.82) is 0 Å². The van der Waals surface area contributed by atoms with Crippen LogP contribution in [-0.2, 0) is 12.7 Å². The Morgan fingerprint density at radius 3 is 2.48 bits per heavy atom. The highest BCUT2D eigenvalue weighted by atomic mass is 127. The molecule has 3 N–H and O–H groups in total. The van der Waals surface area contributed by atoms with E-state index in [9.17, 15) is 22.4 Å². The highest BCUT2D eigenvalue weighted by Gasteiger charge is 2.33. The number of hydrogen-bond donors (Lipinski definition) is 3. The summed E-state index contributed by atoms with van der Waals surface area (Å²) in [6.07, 6.45) is -4.04. The molecule has 5 nitrogen and oxygen atoms in total. The van der Waals surface area contributed by atoms with Crippen molar-refractivity contribution in [1.82, 2.24) is 16.0 Å². The Morgan fingerprint density at radius 2 is 1.86 bits per heavy atom. The van der Waals surface area contributed by atoms with Crippen LogP contribution in [0.1, 0.15) is 27.2 Å². The predicted molar refractivity (Wildman–Crippen MR) is 116 cm³/mol. The van der Waals surface area contributed by atoms with Crippen molar-refractivity contribution in [2.24, 2.45) is 4.99 Å². The normalized spacial score (nSPS) is 11.6. The summed E-state index contributed by atoms with van der Waals surface area (Å²) < 4.78 is 52.2. The molecule has 160 valence electrons. The Hall–Kier alpha value is -1.89. The lowest BCUT2D eigenvalue weighted by molar-refractivity contribution is -0.138. The van der Waals surface area contributed by atoms with Gasteiger partial charge in [-0.15, -0.1) is 35.3 Å². The Morgan fingerprint density at radius 1 is 1.14 bits per heavy atom. The third-order valence-corrected chi connectivity index (χ3v) is 4.59. The third-order valence-electron chi connectivity index (χ3n) is 3.72. The molecule has 0 aliphatic rings. The number of thiophene rings is 1. The Balaban J connectivity index is 0.00000420. The highest BCUT2D eigenvalue weighted by Crippen LogP contribution is 2.32. The molecule has 29 heavy (non-hydrogen) atoms. The first-order valence-corrected chi connectivity index (χ1v) is 9.31. The molecule has 0 saturated carbocycles. The molecule has 1 aromatic heterocycles. The third kappa shape index (κ3) is 8.17. The number of alkyl halides is 3. The number of rotatable bonds is 7. The van der Waals surface area contributed by atoms with E-state index in [-0.39, 0.29) is 42.0 Å². The monoisotopic (exact) mass is 544 g/mol. The lowest BCUT2D eigenvalue weighted by Gasteiger charge is -2.16. The van der Waals surface area contributed by atoms with E-state index in [1.165, 1.54) is 18.4 Å². The van der Waals surface area contributed by atoms with Crippen molar-refractivity contribution in [2.45, 2.75) is 19.1 Å². The minimum atomic E-state index is -4.64. The summed E-state index contributed by atoms with van der Waals surface area (Å²) in [5.74, 6) is -0.779. The van der Waals surface area contributed by atoms with Crippen LogP contribution >= 0.6 is 35.3 Å². The minimum absolute atomic E-state index is 0. The van der Waals surface area contributed by atoms with Crippen molar-refractivity contribution in [3.8, 4) is 0 Å². The van der Waals surface area contributed by atoms with Gasteiger partial charge in [-0.2, -0.15) is 13.2 Å². The van der Waals surface area contributed by atoms with Crippen LogP contribution in [0, 0.1) is 5.82 Å². The first-order chi connectivity index (χ1) is 13.3. The molecule has 0 aliphatic heterocycles. The van der Waals surface area contributed by atoms with Crippen LogP contribution in [0.25, 0.3) is 0 Å². The first kappa shape index (κ1) is 25.1. The highest BCUT2D eigenvalue weighted by molar-refractivity contribution is 14.0. The lowest BCUT2D eigenvalue weighted by Crippen LogP contribution is -2.38.